The Morgan fingerprint density at radius 3 is 2.29 bits per heavy atom. The van der Waals surface area contributed by atoms with E-state index in [2.05, 4.69) is 37.5 Å². The van der Waals surface area contributed by atoms with Gasteiger partial charge in [0, 0.05) is 18.2 Å². The van der Waals surface area contributed by atoms with Gasteiger partial charge in [-0.2, -0.15) is 0 Å². The van der Waals surface area contributed by atoms with Gasteiger partial charge in [0.25, 0.3) is 0 Å². The lowest BCUT2D eigenvalue weighted by atomic mass is 10.1. The summed E-state index contributed by atoms with van der Waals surface area (Å²) in [7, 11) is 0. The number of nitrogens with zero attached hydrogens (tertiary/aromatic N) is 1. The van der Waals surface area contributed by atoms with Gasteiger partial charge in [-0.1, -0.05) is 30.3 Å². The highest BCUT2D eigenvalue weighted by Gasteiger charge is 2.18. The van der Waals surface area contributed by atoms with Crippen LogP contribution in [0.2, 0.25) is 0 Å². The van der Waals surface area contributed by atoms with Crippen molar-refractivity contribution in [2.45, 2.75) is 32.7 Å². The van der Waals surface area contributed by atoms with Crippen molar-refractivity contribution in [2.24, 2.45) is 0 Å². The standard InChI is InChI=1S/C15H19NO/c1-15(2,3)16-10-9-14(17)13(16)11-12-7-5-4-6-8-12/h4-10,17H,11H2,1-3H3. The van der Waals surface area contributed by atoms with E-state index in [-0.39, 0.29) is 5.54 Å². The summed E-state index contributed by atoms with van der Waals surface area (Å²) in [6.07, 6.45) is 2.71. The molecular weight excluding hydrogens is 210 g/mol. The minimum Gasteiger partial charge on any atom is -0.506 e. The molecule has 0 unspecified atom stereocenters. The van der Waals surface area contributed by atoms with Crippen LogP contribution in [0.15, 0.2) is 42.6 Å². The topological polar surface area (TPSA) is 25.2 Å². The smallest absolute Gasteiger partial charge is 0.136 e. The van der Waals surface area contributed by atoms with Crippen molar-refractivity contribution in [1.82, 2.24) is 4.57 Å². The summed E-state index contributed by atoms with van der Waals surface area (Å²) in [5, 5.41) is 9.94. The van der Waals surface area contributed by atoms with E-state index >= 15 is 0 Å². The molecule has 0 saturated carbocycles. The first kappa shape index (κ1) is 11.8. The SMILES string of the molecule is CC(C)(C)n1ccc(O)c1Cc1ccccc1. The van der Waals surface area contributed by atoms with E-state index in [4.69, 9.17) is 0 Å². The maximum atomic E-state index is 9.94. The fraction of sp³-hybridized carbons (Fsp3) is 0.333. The van der Waals surface area contributed by atoms with Gasteiger partial charge in [-0.15, -0.1) is 0 Å². The number of benzene rings is 1. The van der Waals surface area contributed by atoms with Crippen molar-refractivity contribution in [1.29, 1.82) is 0 Å². The second kappa shape index (κ2) is 4.28. The third kappa shape index (κ3) is 2.52. The van der Waals surface area contributed by atoms with Gasteiger partial charge in [-0.25, -0.2) is 0 Å². The van der Waals surface area contributed by atoms with Crippen molar-refractivity contribution < 1.29 is 5.11 Å². The first-order valence-corrected chi connectivity index (χ1v) is 5.92. The van der Waals surface area contributed by atoms with Crippen molar-refractivity contribution in [3.8, 4) is 5.75 Å². The molecule has 0 saturated heterocycles. The number of aromatic hydroxyl groups is 1. The summed E-state index contributed by atoms with van der Waals surface area (Å²) in [6.45, 7) is 6.42. The fourth-order valence-electron chi connectivity index (χ4n) is 2.05. The molecule has 0 atom stereocenters. The average Bonchev–Trinajstić information content (AvgIpc) is 2.62. The zero-order valence-corrected chi connectivity index (χ0v) is 10.6. The van der Waals surface area contributed by atoms with E-state index < -0.39 is 0 Å². The third-order valence-corrected chi connectivity index (χ3v) is 2.91. The quantitative estimate of drug-likeness (QED) is 0.837. The molecule has 90 valence electrons. The molecule has 0 radical (unpaired) electrons. The molecule has 1 N–H and O–H groups in total. The van der Waals surface area contributed by atoms with Crippen molar-refractivity contribution >= 4 is 0 Å². The Labute approximate surface area is 103 Å². The molecule has 0 bridgehead atoms. The number of rotatable bonds is 2. The molecule has 2 aromatic rings. The normalized spacial score (nSPS) is 11.7. The second-order valence-electron chi connectivity index (χ2n) is 5.35. The van der Waals surface area contributed by atoms with Crippen molar-refractivity contribution in [3.63, 3.8) is 0 Å². The van der Waals surface area contributed by atoms with E-state index in [1.807, 2.05) is 24.4 Å². The minimum atomic E-state index is -0.00884. The Morgan fingerprint density at radius 2 is 1.71 bits per heavy atom. The van der Waals surface area contributed by atoms with E-state index in [1.54, 1.807) is 6.07 Å². The summed E-state index contributed by atoms with van der Waals surface area (Å²) >= 11 is 0. The lowest BCUT2D eigenvalue weighted by Gasteiger charge is -2.24. The van der Waals surface area contributed by atoms with Gasteiger partial charge >= 0.3 is 0 Å². The Hall–Kier alpha value is -1.70. The molecule has 0 fully saturated rings. The van der Waals surface area contributed by atoms with Gasteiger partial charge < -0.3 is 9.67 Å². The summed E-state index contributed by atoms with van der Waals surface area (Å²) in [5.74, 6) is 0.378. The predicted molar refractivity (Wildman–Crippen MR) is 70.3 cm³/mol. The third-order valence-electron chi connectivity index (χ3n) is 2.91. The van der Waals surface area contributed by atoms with Crippen LogP contribution in [-0.4, -0.2) is 9.67 Å². The predicted octanol–water partition coefficient (Wildman–Crippen LogP) is 3.54. The molecule has 1 aromatic heterocycles. The van der Waals surface area contributed by atoms with Gasteiger partial charge in [-0.05, 0) is 32.4 Å². The number of hydrogen-bond acceptors (Lipinski definition) is 1. The fourth-order valence-corrected chi connectivity index (χ4v) is 2.05. The first-order chi connectivity index (χ1) is 7.98. The molecule has 2 rings (SSSR count). The molecule has 0 aliphatic heterocycles. The maximum Gasteiger partial charge on any atom is 0.136 e. The largest absolute Gasteiger partial charge is 0.506 e. The highest BCUT2D eigenvalue weighted by Crippen LogP contribution is 2.27. The van der Waals surface area contributed by atoms with Gasteiger partial charge in [0.15, 0.2) is 0 Å². The van der Waals surface area contributed by atoms with Crippen LogP contribution in [0.4, 0.5) is 0 Å². The molecule has 1 aromatic carbocycles. The van der Waals surface area contributed by atoms with Crippen LogP contribution in [0.3, 0.4) is 0 Å². The second-order valence-corrected chi connectivity index (χ2v) is 5.35. The molecule has 0 aliphatic rings. The molecule has 2 nitrogen and oxygen atoms in total. The van der Waals surface area contributed by atoms with E-state index in [1.165, 1.54) is 5.56 Å². The molecule has 0 aliphatic carbocycles. The highest BCUT2D eigenvalue weighted by molar-refractivity contribution is 5.34. The Balaban J connectivity index is 2.36. The molecule has 0 spiro atoms. The van der Waals surface area contributed by atoms with Crippen LogP contribution in [-0.2, 0) is 12.0 Å². The Morgan fingerprint density at radius 1 is 1.06 bits per heavy atom. The zero-order valence-electron chi connectivity index (χ0n) is 10.6. The average molecular weight is 229 g/mol. The molecule has 17 heavy (non-hydrogen) atoms. The maximum absolute atomic E-state index is 9.94. The lowest BCUT2D eigenvalue weighted by molar-refractivity contribution is 0.378. The molecule has 2 heteroatoms. The first-order valence-electron chi connectivity index (χ1n) is 5.92. The Kier molecular flexibility index (Phi) is 2.97. The highest BCUT2D eigenvalue weighted by atomic mass is 16.3. The van der Waals surface area contributed by atoms with Crippen molar-refractivity contribution in [2.75, 3.05) is 0 Å². The summed E-state index contributed by atoms with van der Waals surface area (Å²) in [4.78, 5) is 0. The molecular formula is C15H19NO. The summed E-state index contributed by atoms with van der Waals surface area (Å²) < 4.78 is 2.13. The lowest BCUT2D eigenvalue weighted by Crippen LogP contribution is -2.23. The van der Waals surface area contributed by atoms with Crippen LogP contribution >= 0.6 is 0 Å². The minimum absolute atomic E-state index is 0.00884. The molecule has 0 amide bonds. The summed E-state index contributed by atoms with van der Waals surface area (Å²) in [5.41, 5.74) is 2.18. The van der Waals surface area contributed by atoms with Gasteiger partial charge in [0.05, 0.1) is 5.69 Å². The van der Waals surface area contributed by atoms with Gasteiger partial charge in [-0.3, -0.25) is 0 Å². The zero-order chi connectivity index (χ0) is 12.5. The van der Waals surface area contributed by atoms with E-state index in [9.17, 15) is 5.11 Å². The Bertz CT molecular complexity index is 491. The van der Waals surface area contributed by atoms with Crippen LogP contribution in [0, 0.1) is 0 Å². The van der Waals surface area contributed by atoms with Crippen LogP contribution in [0.5, 0.6) is 5.75 Å². The van der Waals surface area contributed by atoms with Crippen LogP contribution in [0.25, 0.3) is 0 Å². The van der Waals surface area contributed by atoms with Crippen LogP contribution < -0.4 is 0 Å². The summed E-state index contributed by atoms with van der Waals surface area (Å²) in [6, 6.07) is 12.0. The van der Waals surface area contributed by atoms with Crippen molar-refractivity contribution in [3.05, 3.63) is 53.9 Å². The van der Waals surface area contributed by atoms with Gasteiger partial charge in [0.1, 0.15) is 5.75 Å². The van der Waals surface area contributed by atoms with E-state index in [0.717, 1.165) is 12.1 Å². The number of aromatic nitrogens is 1. The monoisotopic (exact) mass is 229 g/mol. The van der Waals surface area contributed by atoms with Gasteiger partial charge in [0.2, 0.25) is 0 Å². The number of hydrogen-bond donors (Lipinski definition) is 1. The van der Waals surface area contributed by atoms with E-state index in [0.29, 0.717) is 5.75 Å². The molecule has 1 heterocycles. The van der Waals surface area contributed by atoms with Crippen LogP contribution in [0.1, 0.15) is 32.0 Å².